The third-order valence-corrected chi connectivity index (χ3v) is 5.96. The zero-order chi connectivity index (χ0) is 22.3. The van der Waals surface area contributed by atoms with Crippen molar-refractivity contribution < 1.29 is 18.1 Å². The highest BCUT2D eigenvalue weighted by molar-refractivity contribution is 7.99. The number of aromatic nitrogens is 2. The van der Waals surface area contributed by atoms with E-state index in [0.29, 0.717) is 34.7 Å². The largest absolute Gasteiger partial charge is 0.398 e. The van der Waals surface area contributed by atoms with Crippen molar-refractivity contribution in [3.05, 3.63) is 46.1 Å². The van der Waals surface area contributed by atoms with E-state index in [1.165, 1.54) is 0 Å². The molecule has 1 saturated heterocycles. The molecule has 1 fully saturated rings. The minimum absolute atomic E-state index is 0.126. The molecule has 31 heavy (non-hydrogen) atoms. The van der Waals surface area contributed by atoms with Gasteiger partial charge in [-0.2, -0.15) is 18.2 Å². The molecule has 1 aromatic heterocycles. The van der Waals surface area contributed by atoms with Crippen LogP contribution in [0.15, 0.2) is 35.4 Å². The summed E-state index contributed by atoms with van der Waals surface area (Å²) in [6, 6.07) is 6.74. The standard InChI is InChI=1S/C19H23F3N6O2S/c20-19(21,22)12-31-16-4-2-1-3-14(16)10-25-18-26-11-15(28(29)30)17(27-18)24-9-13-5-7-23-8-6-13/h1-4,11,13,23H,5-10,12H2,(H2,24,25,26,27). The summed E-state index contributed by atoms with van der Waals surface area (Å²) in [5, 5.41) is 20.6. The van der Waals surface area contributed by atoms with E-state index in [0.717, 1.165) is 32.1 Å². The van der Waals surface area contributed by atoms with Crippen LogP contribution in [0.4, 0.5) is 30.6 Å². The van der Waals surface area contributed by atoms with Crippen LogP contribution >= 0.6 is 11.8 Å². The lowest BCUT2D eigenvalue weighted by Crippen LogP contribution is -2.31. The lowest BCUT2D eigenvalue weighted by atomic mass is 9.98. The van der Waals surface area contributed by atoms with Gasteiger partial charge >= 0.3 is 11.9 Å². The Bertz CT molecular complexity index is 893. The molecule has 3 N–H and O–H groups in total. The van der Waals surface area contributed by atoms with Crippen LogP contribution in [0.1, 0.15) is 18.4 Å². The Labute approximate surface area is 181 Å². The zero-order valence-corrected chi connectivity index (χ0v) is 17.4. The molecule has 8 nitrogen and oxygen atoms in total. The molecular weight excluding hydrogens is 433 g/mol. The summed E-state index contributed by atoms with van der Waals surface area (Å²) in [6.07, 6.45) is -1.18. The number of anilines is 2. The molecule has 1 aliphatic rings. The fourth-order valence-corrected chi connectivity index (χ4v) is 4.00. The SMILES string of the molecule is O=[N+]([O-])c1cnc(NCc2ccccc2SCC(F)(F)F)nc1NCC1CCNCC1. The van der Waals surface area contributed by atoms with Gasteiger partial charge in [0.15, 0.2) is 0 Å². The van der Waals surface area contributed by atoms with E-state index in [1.54, 1.807) is 24.3 Å². The highest BCUT2D eigenvalue weighted by Gasteiger charge is 2.27. The van der Waals surface area contributed by atoms with E-state index < -0.39 is 16.9 Å². The van der Waals surface area contributed by atoms with Crippen LogP contribution in [0.5, 0.6) is 0 Å². The Hall–Kier alpha value is -2.60. The molecule has 12 heteroatoms. The van der Waals surface area contributed by atoms with Crippen LogP contribution in [0, 0.1) is 16.0 Å². The van der Waals surface area contributed by atoms with Crippen LogP contribution in [-0.4, -0.2) is 46.5 Å². The number of alkyl halides is 3. The second-order valence-corrected chi connectivity index (χ2v) is 8.14. The Kier molecular flexibility index (Phi) is 7.91. The number of nitro groups is 1. The lowest BCUT2D eigenvalue weighted by Gasteiger charge is -2.22. The molecule has 1 aromatic carbocycles. The first-order chi connectivity index (χ1) is 14.8. The van der Waals surface area contributed by atoms with Crippen LogP contribution in [0.3, 0.4) is 0 Å². The molecule has 0 bridgehead atoms. The van der Waals surface area contributed by atoms with Crippen molar-refractivity contribution in [2.45, 2.75) is 30.5 Å². The van der Waals surface area contributed by atoms with E-state index in [1.807, 2.05) is 0 Å². The Morgan fingerprint density at radius 3 is 2.68 bits per heavy atom. The fourth-order valence-electron chi connectivity index (χ4n) is 3.18. The third-order valence-electron chi connectivity index (χ3n) is 4.78. The number of halogens is 3. The van der Waals surface area contributed by atoms with Gasteiger partial charge in [-0.15, -0.1) is 11.8 Å². The van der Waals surface area contributed by atoms with Gasteiger partial charge < -0.3 is 16.0 Å². The summed E-state index contributed by atoms with van der Waals surface area (Å²) in [5.41, 5.74) is 0.434. The van der Waals surface area contributed by atoms with Gasteiger partial charge in [-0.3, -0.25) is 10.1 Å². The molecule has 0 atom stereocenters. The van der Waals surface area contributed by atoms with E-state index in [9.17, 15) is 23.3 Å². The van der Waals surface area contributed by atoms with Crippen LogP contribution < -0.4 is 16.0 Å². The Morgan fingerprint density at radius 1 is 1.23 bits per heavy atom. The average Bonchev–Trinajstić information content (AvgIpc) is 2.75. The van der Waals surface area contributed by atoms with Gasteiger partial charge in [-0.25, -0.2) is 4.98 Å². The van der Waals surface area contributed by atoms with Crippen molar-refractivity contribution >= 4 is 29.2 Å². The van der Waals surface area contributed by atoms with Crippen molar-refractivity contribution in [3.63, 3.8) is 0 Å². The molecular formula is C19H23F3N6O2S. The number of piperidine rings is 1. The van der Waals surface area contributed by atoms with Gasteiger partial charge in [-0.1, -0.05) is 18.2 Å². The third kappa shape index (κ3) is 7.24. The number of nitrogens with zero attached hydrogens (tertiary/aromatic N) is 3. The van der Waals surface area contributed by atoms with Crippen molar-refractivity contribution in [2.75, 3.05) is 36.0 Å². The minimum atomic E-state index is -4.26. The van der Waals surface area contributed by atoms with Crippen molar-refractivity contribution in [1.82, 2.24) is 15.3 Å². The monoisotopic (exact) mass is 456 g/mol. The van der Waals surface area contributed by atoms with Crippen LogP contribution in [-0.2, 0) is 6.54 Å². The van der Waals surface area contributed by atoms with Crippen molar-refractivity contribution in [1.29, 1.82) is 0 Å². The summed E-state index contributed by atoms with van der Waals surface area (Å²) in [5.74, 6) is -0.303. The van der Waals surface area contributed by atoms with Gasteiger partial charge in [0.2, 0.25) is 11.8 Å². The molecule has 0 radical (unpaired) electrons. The Morgan fingerprint density at radius 2 is 1.97 bits per heavy atom. The number of hydrogen-bond acceptors (Lipinski definition) is 8. The van der Waals surface area contributed by atoms with E-state index in [4.69, 9.17) is 0 Å². The molecule has 0 spiro atoms. The van der Waals surface area contributed by atoms with Crippen molar-refractivity contribution in [2.24, 2.45) is 5.92 Å². The van der Waals surface area contributed by atoms with Crippen LogP contribution in [0.25, 0.3) is 0 Å². The quantitative estimate of drug-likeness (QED) is 0.295. The van der Waals surface area contributed by atoms with Crippen LogP contribution in [0.2, 0.25) is 0 Å². The first-order valence-corrected chi connectivity index (χ1v) is 10.8. The molecule has 2 aromatic rings. The van der Waals surface area contributed by atoms with Crippen molar-refractivity contribution in [3.8, 4) is 0 Å². The Balaban J connectivity index is 1.67. The van der Waals surface area contributed by atoms with E-state index in [-0.39, 0.29) is 24.0 Å². The summed E-state index contributed by atoms with van der Waals surface area (Å²) in [6.45, 7) is 2.58. The first-order valence-electron chi connectivity index (χ1n) is 9.79. The highest BCUT2D eigenvalue weighted by atomic mass is 32.2. The molecule has 0 amide bonds. The highest BCUT2D eigenvalue weighted by Crippen LogP contribution is 2.30. The molecule has 0 unspecified atom stereocenters. The lowest BCUT2D eigenvalue weighted by molar-refractivity contribution is -0.384. The van der Waals surface area contributed by atoms with Gasteiger partial charge in [0.25, 0.3) is 0 Å². The zero-order valence-electron chi connectivity index (χ0n) is 16.6. The predicted molar refractivity (Wildman–Crippen MR) is 113 cm³/mol. The number of benzene rings is 1. The predicted octanol–water partition coefficient (Wildman–Crippen LogP) is 4.06. The maximum atomic E-state index is 12.6. The maximum absolute atomic E-state index is 12.6. The van der Waals surface area contributed by atoms with Gasteiger partial charge in [0.1, 0.15) is 6.20 Å². The number of hydrogen-bond donors (Lipinski definition) is 3. The van der Waals surface area contributed by atoms with Gasteiger partial charge in [0, 0.05) is 18.0 Å². The number of nitrogens with one attached hydrogen (secondary N) is 3. The first kappa shape index (κ1) is 23.1. The second kappa shape index (κ2) is 10.6. The molecule has 168 valence electrons. The summed E-state index contributed by atoms with van der Waals surface area (Å²) in [7, 11) is 0. The molecule has 2 heterocycles. The average molecular weight is 456 g/mol. The molecule has 0 saturated carbocycles. The summed E-state index contributed by atoms with van der Waals surface area (Å²) < 4.78 is 37.7. The number of rotatable bonds is 9. The molecule has 1 aliphatic heterocycles. The summed E-state index contributed by atoms with van der Waals surface area (Å²) in [4.78, 5) is 19.5. The second-order valence-electron chi connectivity index (χ2n) is 7.12. The topological polar surface area (TPSA) is 105 Å². The molecule has 3 rings (SSSR count). The van der Waals surface area contributed by atoms with Gasteiger partial charge in [-0.05, 0) is 43.5 Å². The maximum Gasteiger partial charge on any atom is 0.398 e. The molecule has 0 aliphatic carbocycles. The normalized spacial score (nSPS) is 14.9. The van der Waals surface area contributed by atoms with Gasteiger partial charge in [0.05, 0.1) is 10.7 Å². The number of thioether (sulfide) groups is 1. The van der Waals surface area contributed by atoms with E-state index >= 15 is 0 Å². The smallest absolute Gasteiger partial charge is 0.364 e. The van der Waals surface area contributed by atoms with E-state index in [2.05, 4.69) is 25.9 Å². The minimum Gasteiger partial charge on any atom is -0.364 e. The fraction of sp³-hybridized carbons (Fsp3) is 0.474. The summed E-state index contributed by atoms with van der Waals surface area (Å²) >= 11 is 0.710.